The first-order valence-corrected chi connectivity index (χ1v) is 8.90. The van der Waals surface area contributed by atoms with Crippen molar-refractivity contribution in [2.75, 3.05) is 5.32 Å². The molecule has 8 nitrogen and oxygen atoms in total. The summed E-state index contributed by atoms with van der Waals surface area (Å²) in [5.41, 5.74) is 0.934. The van der Waals surface area contributed by atoms with Crippen molar-refractivity contribution in [1.29, 1.82) is 5.26 Å². The van der Waals surface area contributed by atoms with Crippen LogP contribution in [0.4, 0.5) is 5.69 Å². The number of nitrogens with zero attached hydrogens (tertiary/aromatic N) is 1. The van der Waals surface area contributed by atoms with E-state index in [2.05, 4.69) is 10.6 Å². The molecule has 2 aromatic rings. The molecule has 5 N–H and O–H groups in total. The van der Waals surface area contributed by atoms with Crippen molar-refractivity contribution in [1.82, 2.24) is 5.32 Å². The maximum absolute atomic E-state index is 12.0. The molecule has 0 radical (unpaired) electrons. The van der Waals surface area contributed by atoms with Gasteiger partial charge in [-0.15, -0.1) is 0 Å². The van der Waals surface area contributed by atoms with Crippen LogP contribution >= 0.6 is 0 Å². The Hall–Kier alpha value is -3.35. The van der Waals surface area contributed by atoms with E-state index in [4.69, 9.17) is 10.4 Å². The Balaban J connectivity index is 1.99. The minimum Gasteiger partial charge on any atom is -0.508 e. The number of phenolic OH excluding ortho intramolecular Hbond substituents is 1. The van der Waals surface area contributed by atoms with E-state index in [0.29, 0.717) is 5.69 Å². The van der Waals surface area contributed by atoms with Gasteiger partial charge >= 0.3 is 0 Å². The largest absolute Gasteiger partial charge is 0.508 e. The molecule has 0 fully saturated rings. The molecule has 0 aromatic heterocycles. The molecule has 0 spiro atoms. The van der Waals surface area contributed by atoms with Gasteiger partial charge in [-0.3, -0.25) is 4.79 Å². The van der Waals surface area contributed by atoms with Crippen molar-refractivity contribution in [2.24, 2.45) is 5.14 Å². The highest BCUT2D eigenvalue weighted by molar-refractivity contribution is 7.89. The van der Waals surface area contributed by atoms with Gasteiger partial charge in [0.2, 0.25) is 10.0 Å². The Kier molecular flexibility index (Phi) is 5.95. The van der Waals surface area contributed by atoms with E-state index in [9.17, 15) is 18.3 Å². The van der Waals surface area contributed by atoms with Crippen molar-refractivity contribution in [3.05, 3.63) is 65.9 Å². The van der Waals surface area contributed by atoms with Gasteiger partial charge < -0.3 is 15.7 Å². The maximum atomic E-state index is 12.0. The van der Waals surface area contributed by atoms with Crippen LogP contribution in [0.15, 0.2) is 65.2 Å². The third-order valence-corrected chi connectivity index (χ3v) is 4.20. The Bertz CT molecular complexity index is 977. The van der Waals surface area contributed by atoms with Crippen LogP contribution in [0, 0.1) is 11.3 Å². The monoisotopic (exact) mass is 372 g/mol. The number of amides is 1. The number of aromatic hydroxyl groups is 1. The van der Waals surface area contributed by atoms with E-state index >= 15 is 0 Å². The standard InChI is InChI=1S/C17H16N4O4S/c18-9-13(17(23)21-14-2-1-3-15(22)8-14)11-20-10-12-4-6-16(7-5-12)26(19,24)25/h1-8,11,20,22H,10H2,(H,21,23)(H2,19,24,25)/b13-11-. The molecular weight excluding hydrogens is 356 g/mol. The van der Waals surface area contributed by atoms with Gasteiger partial charge in [0.25, 0.3) is 5.91 Å². The molecule has 134 valence electrons. The maximum Gasteiger partial charge on any atom is 0.267 e. The van der Waals surface area contributed by atoms with Gasteiger partial charge in [0.05, 0.1) is 4.90 Å². The smallest absolute Gasteiger partial charge is 0.267 e. The fourth-order valence-corrected chi connectivity index (χ4v) is 2.51. The van der Waals surface area contributed by atoms with Crippen LogP contribution in [0.2, 0.25) is 0 Å². The van der Waals surface area contributed by atoms with E-state index in [1.165, 1.54) is 30.5 Å². The third-order valence-electron chi connectivity index (χ3n) is 3.27. The van der Waals surface area contributed by atoms with Crippen LogP contribution in [-0.4, -0.2) is 19.4 Å². The number of carbonyl (C=O) groups excluding carboxylic acids is 1. The molecule has 0 saturated carbocycles. The molecule has 0 aliphatic rings. The van der Waals surface area contributed by atoms with Crippen molar-refractivity contribution in [2.45, 2.75) is 11.4 Å². The van der Waals surface area contributed by atoms with Gasteiger partial charge in [-0.1, -0.05) is 18.2 Å². The lowest BCUT2D eigenvalue weighted by atomic mass is 10.2. The second-order valence-corrected chi connectivity index (χ2v) is 6.81. The lowest BCUT2D eigenvalue weighted by Gasteiger charge is -2.06. The van der Waals surface area contributed by atoms with Gasteiger partial charge in [-0.05, 0) is 29.8 Å². The molecule has 0 aliphatic carbocycles. The summed E-state index contributed by atoms with van der Waals surface area (Å²) in [7, 11) is -3.75. The Labute approximate surface area is 150 Å². The van der Waals surface area contributed by atoms with Gasteiger partial charge in [0.15, 0.2) is 0 Å². The molecule has 1 amide bonds. The number of rotatable bonds is 6. The summed E-state index contributed by atoms with van der Waals surface area (Å²) < 4.78 is 22.4. The lowest BCUT2D eigenvalue weighted by Crippen LogP contribution is -2.16. The quantitative estimate of drug-likeness (QED) is 0.442. The van der Waals surface area contributed by atoms with Gasteiger partial charge in [-0.25, -0.2) is 13.6 Å². The molecule has 2 aromatic carbocycles. The number of primary sulfonamides is 1. The molecule has 0 atom stereocenters. The topological polar surface area (TPSA) is 145 Å². The highest BCUT2D eigenvalue weighted by atomic mass is 32.2. The first-order chi connectivity index (χ1) is 12.3. The minimum atomic E-state index is -3.75. The molecule has 9 heteroatoms. The predicted molar refractivity (Wildman–Crippen MR) is 95.1 cm³/mol. The number of nitrogens with one attached hydrogen (secondary N) is 2. The van der Waals surface area contributed by atoms with Crippen LogP contribution in [0.1, 0.15) is 5.56 Å². The Morgan fingerprint density at radius 1 is 1.23 bits per heavy atom. The molecule has 2 rings (SSSR count). The summed E-state index contributed by atoms with van der Waals surface area (Å²) in [6.07, 6.45) is 1.26. The van der Waals surface area contributed by atoms with Crippen LogP contribution in [0.25, 0.3) is 0 Å². The molecule has 0 heterocycles. The molecule has 0 unspecified atom stereocenters. The van der Waals surface area contributed by atoms with Crippen LogP contribution in [0.5, 0.6) is 5.75 Å². The fraction of sp³-hybridized carbons (Fsp3) is 0.0588. The SMILES string of the molecule is N#C/C(=C/NCc1ccc(S(N)(=O)=O)cc1)C(=O)Nc1cccc(O)c1. The minimum absolute atomic E-state index is 0.00000233. The normalized spacial score (nSPS) is 11.5. The molecular formula is C17H16N4O4S. The van der Waals surface area contributed by atoms with Gasteiger partial charge in [-0.2, -0.15) is 5.26 Å². The Morgan fingerprint density at radius 3 is 2.50 bits per heavy atom. The summed E-state index contributed by atoms with van der Waals surface area (Å²) in [4.78, 5) is 12.0. The van der Waals surface area contributed by atoms with Crippen LogP contribution in [-0.2, 0) is 21.4 Å². The zero-order valence-electron chi connectivity index (χ0n) is 13.5. The molecule has 0 aliphatic heterocycles. The molecule has 0 saturated heterocycles. The van der Waals surface area contributed by atoms with Crippen molar-refractivity contribution in [3.8, 4) is 11.8 Å². The third kappa shape index (κ3) is 5.34. The summed E-state index contributed by atoms with van der Waals surface area (Å²) in [5.74, 6) is -0.637. The zero-order valence-corrected chi connectivity index (χ0v) is 14.3. The first kappa shape index (κ1) is 19.0. The summed E-state index contributed by atoms with van der Waals surface area (Å²) in [6.45, 7) is 0.273. The number of carbonyl (C=O) groups is 1. The van der Waals surface area contributed by atoms with E-state index in [-0.39, 0.29) is 22.8 Å². The van der Waals surface area contributed by atoms with Crippen LogP contribution in [0.3, 0.4) is 0 Å². The number of benzene rings is 2. The highest BCUT2D eigenvalue weighted by Gasteiger charge is 2.10. The fourth-order valence-electron chi connectivity index (χ4n) is 2.00. The molecule has 26 heavy (non-hydrogen) atoms. The number of hydrogen-bond acceptors (Lipinski definition) is 6. The predicted octanol–water partition coefficient (Wildman–Crippen LogP) is 1.18. The lowest BCUT2D eigenvalue weighted by molar-refractivity contribution is -0.112. The van der Waals surface area contributed by atoms with Crippen molar-refractivity contribution < 1.29 is 18.3 Å². The van der Waals surface area contributed by atoms with E-state index in [1.807, 2.05) is 0 Å². The van der Waals surface area contributed by atoms with Crippen LogP contribution < -0.4 is 15.8 Å². The highest BCUT2D eigenvalue weighted by Crippen LogP contribution is 2.16. The number of sulfonamides is 1. The van der Waals surface area contributed by atoms with Crippen molar-refractivity contribution in [3.63, 3.8) is 0 Å². The Morgan fingerprint density at radius 2 is 1.92 bits per heavy atom. The van der Waals surface area contributed by atoms with Gasteiger partial charge in [0, 0.05) is 24.5 Å². The van der Waals surface area contributed by atoms with E-state index in [1.54, 1.807) is 30.3 Å². The number of phenols is 1. The number of nitrogens with two attached hydrogens (primary N) is 1. The number of hydrogen-bond donors (Lipinski definition) is 4. The zero-order chi connectivity index (χ0) is 19.2. The molecule has 0 bridgehead atoms. The number of anilines is 1. The summed E-state index contributed by atoms with van der Waals surface area (Å²) >= 11 is 0. The second-order valence-electron chi connectivity index (χ2n) is 5.24. The van der Waals surface area contributed by atoms with Gasteiger partial charge in [0.1, 0.15) is 17.4 Å². The second kappa shape index (κ2) is 8.15. The first-order valence-electron chi connectivity index (χ1n) is 7.35. The average molecular weight is 372 g/mol. The van der Waals surface area contributed by atoms with E-state index in [0.717, 1.165) is 5.56 Å². The summed E-state index contributed by atoms with van der Waals surface area (Å²) in [6, 6.07) is 13.6. The average Bonchev–Trinajstić information content (AvgIpc) is 2.58. The van der Waals surface area contributed by atoms with E-state index < -0.39 is 15.9 Å². The number of nitriles is 1. The van der Waals surface area contributed by atoms with Crippen molar-refractivity contribution >= 4 is 21.6 Å². The summed E-state index contributed by atoms with van der Waals surface area (Å²) in [5, 5.41) is 28.8.